The number of piperidine rings is 1. The van der Waals surface area contributed by atoms with Crippen LogP contribution in [0.4, 0.5) is 5.13 Å². The van der Waals surface area contributed by atoms with E-state index in [1.165, 1.54) is 16.2 Å². The highest BCUT2D eigenvalue weighted by Gasteiger charge is 2.19. The second-order valence-corrected chi connectivity index (χ2v) is 7.89. The molecular formula is C15H20N4OS2. The Morgan fingerprint density at radius 3 is 2.73 bits per heavy atom. The molecule has 3 heterocycles. The van der Waals surface area contributed by atoms with Gasteiger partial charge in [-0.25, -0.2) is 9.97 Å². The molecule has 22 heavy (non-hydrogen) atoms. The van der Waals surface area contributed by atoms with E-state index in [-0.39, 0.29) is 5.91 Å². The van der Waals surface area contributed by atoms with E-state index in [2.05, 4.69) is 34.4 Å². The first kappa shape index (κ1) is 15.6. The van der Waals surface area contributed by atoms with Crippen molar-refractivity contribution in [1.82, 2.24) is 15.3 Å². The van der Waals surface area contributed by atoms with Crippen LogP contribution in [0.15, 0.2) is 12.4 Å². The summed E-state index contributed by atoms with van der Waals surface area (Å²) in [5.41, 5.74) is 0. The largest absolute Gasteiger partial charge is 0.317 e. The van der Waals surface area contributed by atoms with Crippen molar-refractivity contribution in [3.8, 4) is 0 Å². The topological polar surface area (TPSA) is 66.9 Å². The molecule has 1 aliphatic rings. The minimum atomic E-state index is -0.115. The summed E-state index contributed by atoms with van der Waals surface area (Å²) in [4.78, 5) is 22.8. The van der Waals surface area contributed by atoms with Crippen LogP contribution in [0.1, 0.15) is 58.1 Å². The van der Waals surface area contributed by atoms with Gasteiger partial charge in [-0.3, -0.25) is 10.1 Å². The zero-order chi connectivity index (χ0) is 15.5. The van der Waals surface area contributed by atoms with Crippen molar-refractivity contribution < 1.29 is 4.79 Å². The van der Waals surface area contributed by atoms with E-state index < -0.39 is 0 Å². The van der Waals surface area contributed by atoms with Gasteiger partial charge in [-0.05, 0) is 31.8 Å². The Labute approximate surface area is 138 Å². The van der Waals surface area contributed by atoms with Crippen molar-refractivity contribution in [3.05, 3.63) is 27.2 Å². The van der Waals surface area contributed by atoms with Gasteiger partial charge in [0, 0.05) is 17.0 Å². The van der Waals surface area contributed by atoms with Crippen molar-refractivity contribution in [3.63, 3.8) is 0 Å². The average Bonchev–Trinajstić information content (AvgIpc) is 3.17. The summed E-state index contributed by atoms with van der Waals surface area (Å²) in [5, 5.41) is 7.92. The molecule has 1 saturated heterocycles. The molecule has 3 rings (SSSR count). The van der Waals surface area contributed by atoms with E-state index in [0.29, 0.717) is 21.8 Å². The Balaban J connectivity index is 1.65. The van der Waals surface area contributed by atoms with E-state index in [9.17, 15) is 4.79 Å². The van der Waals surface area contributed by atoms with Crippen LogP contribution in [-0.4, -0.2) is 29.0 Å². The molecule has 0 saturated carbocycles. The minimum absolute atomic E-state index is 0.115. The van der Waals surface area contributed by atoms with Gasteiger partial charge in [0.15, 0.2) is 5.13 Å². The van der Waals surface area contributed by atoms with Gasteiger partial charge in [0.25, 0.3) is 5.91 Å². The fraction of sp³-hybridized carbons (Fsp3) is 0.533. The summed E-state index contributed by atoms with van der Waals surface area (Å²) < 4.78 is 0. The van der Waals surface area contributed by atoms with E-state index in [4.69, 9.17) is 0 Å². The number of aromatic nitrogens is 2. The van der Waals surface area contributed by atoms with Gasteiger partial charge in [0.1, 0.15) is 4.88 Å². The zero-order valence-electron chi connectivity index (χ0n) is 12.8. The third-order valence-corrected chi connectivity index (χ3v) is 6.10. The molecule has 2 aromatic heterocycles. The second kappa shape index (κ2) is 6.85. The fourth-order valence-electron chi connectivity index (χ4n) is 2.46. The average molecular weight is 336 g/mol. The number of carbonyl (C=O) groups excluding carboxylic acids is 1. The van der Waals surface area contributed by atoms with Gasteiger partial charge in [-0.15, -0.1) is 22.7 Å². The molecule has 1 fully saturated rings. The lowest BCUT2D eigenvalue weighted by Crippen LogP contribution is -2.26. The maximum Gasteiger partial charge on any atom is 0.269 e. The van der Waals surface area contributed by atoms with Gasteiger partial charge in [-0.1, -0.05) is 13.8 Å². The Morgan fingerprint density at radius 1 is 1.27 bits per heavy atom. The van der Waals surface area contributed by atoms with Crippen LogP contribution in [-0.2, 0) is 0 Å². The molecule has 7 heteroatoms. The van der Waals surface area contributed by atoms with Crippen LogP contribution < -0.4 is 10.6 Å². The quantitative estimate of drug-likeness (QED) is 0.897. The Hall–Kier alpha value is -1.31. The highest BCUT2D eigenvalue weighted by atomic mass is 32.1. The number of hydrogen-bond donors (Lipinski definition) is 2. The molecule has 0 bridgehead atoms. The van der Waals surface area contributed by atoms with Crippen LogP contribution >= 0.6 is 22.7 Å². The molecule has 0 atom stereocenters. The summed E-state index contributed by atoms with van der Waals surface area (Å²) >= 11 is 3.04. The normalized spacial score (nSPS) is 16.1. The van der Waals surface area contributed by atoms with E-state index >= 15 is 0 Å². The van der Waals surface area contributed by atoms with Crippen molar-refractivity contribution in [1.29, 1.82) is 0 Å². The predicted molar refractivity (Wildman–Crippen MR) is 91.1 cm³/mol. The summed E-state index contributed by atoms with van der Waals surface area (Å²) in [7, 11) is 0. The SMILES string of the molecule is CC(C)c1ncc(C(=O)Nc2ncc(C3CCNCC3)s2)s1. The Kier molecular flexibility index (Phi) is 4.85. The number of carbonyl (C=O) groups is 1. The highest BCUT2D eigenvalue weighted by molar-refractivity contribution is 7.16. The number of thiazole rings is 2. The number of hydrogen-bond acceptors (Lipinski definition) is 6. The maximum absolute atomic E-state index is 12.3. The molecule has 1 amide bonds. The zero-order valence-corrected chi connectivity index (χ0v) is 14.4. The third kappa shape index (κ3) is 3.53. The van der Waals surface area contributed by atoms with Crippen molar-refractivity contribution in [2.45, 2.75) is 38.5 Å². The van der Waals surface area contributed by atoms with Gasteiger partial charge < -0.3 is 5.32 Å². The maximum atomic E-state index is 12.3. The molecular weight excluding hydrogens is 316 g/mol. The molecule has 1 aliphatic heterocycles. The van der Waals surface area contributed by atoms with Gasteiger partial charge in [0.2, 0.25) is 0 Å². The van der Waals surface area contributed by atoms with Crippen molar-refractivity contribution >= 4 is 33.7 Å². The lowest BCUT2D eigenvalue weighted by atomic mass is 9.97. The summed E-state index contributed by atoms with van der Waals surface area (Å²) in [6.45, 7) is 6.27. The highest BCUT2D eigenvalue weighted by Crippen LogP contribution is 2.32. The standard InChI is InChI=1S/C15H20N4OS2/c1-9(2)14-17-8-12(21-14)13(20)19-15-18-7-11(22-15)10-3-5-16-6-4-10/h7-10,16H,3-6H2,1-2H3,(H,18,19,20). The molecule has 5 nitrogen and oxygen atoms in total. The smallest absolute Gasteiger partial charge is 0.269 e. The Bertz CT molecular complexity index is 644. The van der Waals surface area contributed by atoms with Crippen LogP contribution in [0.5, 0.6) is 0 Å². The first-order chi connectivity index (χ1) is 10.6. The first-order valence-electron chi connectivity index (χ1n) is 7.57. The van der Waals surface area contributed by atoms with Crippen LogP contribution in [0.25, 0.3) is 0 Å². The Morgan fingerprint density at radius 2 is 2.05 bits per heavy atom. The van der Waals surface area contributed by atoms with Crippen molar-refractivity contribution in [2.75, 3.05) is 18.4 Å². The lowest BCUT2D eigenvalue weighted by Gasteiger charge is -2.20. The minimum Gasteiger partial charge on any atom is -0.317 e. The third-order valence-electron chi connectivity index (χ3n) is 3.73. The second-order valence-electron chi connectivity index (χ2n) is 5.76. The van der Waals surface area contributed by atoms with E-state index in [1.54, 1.807) is 17.5 Å². The molecule has 0 aromatic carbocycles. The molecule has 0 unspecified atom stereocenters. The molecule has 118 valence electrons. The van der Waals surface area contributed by atoms with Gasteiger partial charge in [0.05, 0.1) is 11.2 Å². The first-order valence-corrected chi connectivity index (χ1v) is 9.20. The van der Waals surface area contributed by atoms with E-state index in [0.717, 1.165) is 30.9 Å². The molecule has 2 aromatic rings. The molecule has 0 spiro atoms. The number of rotatable bonds is 4. The number of nitrogens with zero attached hydrogens (tertiary/aromatic N) is 2. The van der Waals surface area contributed by atoms with Gasteiger partial charge >= 0.3 is 0 Å². The number of anilines is 1. The molecule has 0 radical (unpaired) electrons. The summed E-state index contributed by atoms with van der Waals surface area (Å²) in [5.74, 6) is 0.800. The molecule has 0 aliphatic carbocycles. The number of amides is 1. The fourth-order valence-corrected chi connectivity index (χ4v) is 4.25. The summed E-state index contributed by atoms with van der Waals surface area (Å²) in [6, 6.07) is 0. The molecule has 2 N–H and O–H groups in total. The predicted octanol–water partition coefficient (Wildman–Crippen LogP) is 3.44. The van der Waals surface area contributed by atoms with Crippen LogP contribution in [0.2, 0.25) is 0 Å². The van der Waals surface area contributed by atoms with E-state index in [1.807, 2.05) is 6.20 Å². The van der Waals surface area contributed by atoms with Crippen molar-refractivity contribution in [2.24, 2.45) is 0 Å². The lowest BCUT2D eigenvalue weighted by molar-refractivity contribution is 0.103. The monoisotopic (exact) mass is 336 g/mol. The van der Waals surface area contributed by atoms with Crippen LogP contribution in [0, 0.1) is 0 Å². The van der Waals surface area contributed by atoms with Gasteiger partial charge in [-0.2, -0.15) is 0 Å². The summed E-state index contributed by atoms with van der Waals surface area (Å²) in [6.07, 6.45) is 5.84. The number of nitrogens with one attached hydrogen (secondary N) is 2. The van der Waals surface area contributed by atoms with Crippen LogP contribution in [0.3, 0.4) is 0 Å².